The van der Waals surface area contributed by atoms with Gasteiger partial charge in [-0.15, -0.1) is 0 Å². The summed E-state index contributed by atoms with van der Waals surface area (Å²) in [7, 11) is 1.91. The second-order valence-electron chi connectivity index (χ2n) is 5.09. The van der Waals surface area contributed by atoms with E-state index in [1.165, 1.54) is 6.42 Å². The van der Waals surface area contributed by atoms with Gasteiger partial charge in [0.25, 0.3) is 5.91 Å². The Hall–Kier alpha value is -1.16. The summed E-state index contributed by atoms with van der Waals surface area (Å²) in [5.41, 5.74) is 7.07. The first-order valence-electron chi connectivity index (χ1n) is 6.86. The number of nitrogens with zero attached hydrogens (tertiary/aromatic N) is 1. The van der Waals surface area contributed by atoms with Crippen LogP contribution in [0.4, 0.5) is 5.69 Å². The van der Waals surface area contributed by atoms with Crippen LogP contribution in [0.25, 0.3) is 0 Å². The number of rotatable bonds is 4. The Balaban J connectivity index is 2.00. The fourth-order valence-corrected chi connectivity index (χ4v) is 3.83. The van der Waals surface area contributed by atoms with Crippen molar-refractivity contribution in [3.05, 3.63) is 29.8 Å². The highest BCUT2D eigenvalue weighted by Crippen LogP contribution is 2.32. The van der Waals surface area contributed by atoms with Gasteiger partial charge in [-0.3, -0.25) is 4.79 Å². The third-order valence-corrected chi connectivity index (χ3v) is 4.99. The molecule has 1 aromatic rings. The molecule has 0 bridgehead atoms. The van der Waals surface area contributed by atoms with Gasteiger partial charge in [-0.2, -0.15) is 11.8 Å². The lowest BCUT2D eigenvalue weighted by Gasteiger charge is -2.25. The Morgan fingerprint density at radius 3 is 2.95 bits per heavy atom. The number of nitrogens with two attached hydrogens (primary N) is 1. The van der Waals surface area contributed by atoms with Crippen molar-refractivity contribution in [2.75, 3.05) is 18.5 Å². The molecule has 0 heterocycles. The van der Waals surface area contributed by atoms with Crippen LogP contribution in [0, 0.1) is 0 Å². The first-order chi connectivity index (χ1) is 9.11. The second kappa shape index (κ2) is 6.33. The van der Waals surface area contributed by atoms with Gasteiger partial charge in [-0.05, 0) is 43.2 Å². The Kier molecular flexibility index (Phi) is 4.75. The molecule has 0 aromatic heterocycles. The Labute approximate surface area is 119 Å². The first-order valence-corrected chi connectivity index (χ1v) is 7.91. The summed E-state index contributed by atoms with van der Waals surface area (Å²) in [6, 6.07) is 7.60. The van der Waals surface area contributed by atoms with Gasteiger partial charge in [-0.25, -0.2) is 0 Å². The number of amides is 1. The second-order valence-corrected chi connectivity index (χ2v) is 6.66. The highest BCUT2D eigenvalue weighted by atomic mass is 32.2. The van der Waals surface area contributed by atoms with Gasteiger partial charge in [0.2, 0.25) is 0 Å². The van der Waals surface area contributed by atoms with Crippen LogP contribution in [0.15, 0.2) is 24.3 Å². The summed E-state index contributed by atoms with van der Waals surface area (Å²) >= 11 is 2.01. The highest BCUT2D eigenvalue weighted by molar-refractivity contribution is 7.99. The number of hydrogen-bond donors (Lipinski definition) is 1. The predicted octanol–water partition coefficient (Wildman–Crippen LogP) is 3.02. The van der Waals surface area contributed by atoms with Crippen molar-refractivity contribution >= 4 is 23.4 Å². The fourth-order valence-electron chi connectivity index (χ4n) is 2.70. The highest BCUT2D eigenvalue weighted by Gasteiger charge is 2.30. The molecule has 1 aliphatic carbocycles. The predicted molar refractivity (Wildman–Crippen MR) is 82.5 cm³/mol. The molecule has 2 N–H and O–H groups in total. The van der Waals surface area contributed by atoms with Crippen molar-refractivity contribution in [1.29, 1.82) is 0 Å². The van der Waals surface area contributed by atoms with E-state index in [4.69, 9.17) is 5.73 Å². The molecule has 1 aromatic carbocycles. The number of hydrogen-bond acceptors (Lipinski definition) is 3. The van der Waals surface area contributed by atoms with E-state index < -0.39 is 0 Å². The van der Waals surface area contributed by atoms with Gasteiger partial charge in [0, 0.05) is 29.6 Å². The average Bonchev–Trinajstić information content (AvgIpc) is 2.86. The molecule has 0 aliphatic heterocycles. The number of carbonyl (C=O) groups is 1. The van der Waals surface area contributed by atoms with Crippen LogP contribution >= 0.6 is 11.8 Å². The molecule has 1 fully saturated rings. The molecule has 19 heavy (non-hydrogen) atoms. The number of nitrogen functional groups attached to an aromatic ring is 1. The Bertz CT molecular complexity index is 450. The molecule has 3 nitrogen and oxygen atoms in total. The van der Waals surface area contributed by atoms with Gasteiger partial charge < -0.3 is 10.6 Å². The molecule has 104 valence electrons. The lowest BCUT2D eigenvalue weighted by atomic mass is 10.1. The zero-order chi connectivity index (χ0) is 13.8. The molecular formula is C15H22N2OS. The topological polar surface area (TPSA) is 46.3 Å². The number of anilines is 1. The third kappa shape index (κ3) is 3.44. The van der Waals surface area contributed by atoms with E-state index in [2.05, 4.69) is 6.92 Å². The maximum Gasteiger partial charge on any atom is 0.253 e. The van der Waals surface area contributed by atoms with E-state index in [-0.39, 0.29) is 5.91 Å². The average molecular weight is 278 g/mol. The van der Waals surface area contributed by atoms with E-state index in [0.717, 1.165) is 18.6 Å². The van der Waals surface area contributed by atoms with Crippen LogP contribution in [0.3, 0.4) is 0 Å². The molecule has 4 heteroatoms. The standard InChI is InChI=1S/C15H22N2OS/c1-3-19-14-8-7-13(10-14)17(2)15(18)11-5-4-6-12(16)9-11/h4-6,9,13-14H,3,7-8,10,16H2,1-2H3/t13-,14+/m1/s1. The normalized spacial score (nSPS) is 22.4. The summed E-state index contributed by atoms with van der Waals surface area (Å²) in [5, 5.41) is 0.714. The van der Waals surface area contributed by atoms with Crippen molar-refractivity contribution < 1.29 is 4.79 Å². The smallest absolute Gasteiger partial charge is 0.253 e. The number of carbonyl (C=O) groups excluding carboxylic acids is 1. The van der Waals surface area contributed by atoms with Crippen molar-refractivity contribution in [2.45, 2.75) is 37.5 Å². The van der Waals surface area contributed by atoms with Gasteiger partial charge in [0.05, 0.1) is 0 Å². The fraction of sp³-hybridized carbons (Fsp3) is 0.533. The molecular weight excluding hydrogens is 256 g/mol. The van der Waals surface area contributed by atoms with Crippen LogP contribution in [0.1, 0.15) is 36.5 Å². The molecule has 1 saturated carbocycles. The minimum Gasteiger partial charge on any atom is -0.399 e. The summed E-state index contributed by atoms with van der Waals surface area (Å²) in [6.07, 6.45) is 3.45. The summed E-state index contributed by atoms with van der Waals surface area (Å²) in [5.74, 6) is 1.24. The quantitative estimate of drug-likeness (QED) is 0.861. The number of thioether (sulfide) groups is 1. The lowest BCUT2D eigenvalue weighted by molar-refractivity contribution is 0.0735. The molecule has 2 rings (SSSR count). The molecule has 0 spiro atoms. The van der Waals surface area contributed by atoms with E-state index in [9.17, 15) is 4.79 Å². The minimum atomic E-state index is 0.0828. The molecule has 1 amide bonds. The molecule has 2 atom stereocenters. The molecule has 0 radical (unpaired) electrons. The van der Waals surface area contributed by atoms with E-state index in [1.54, 1.807) is 12.1 Å². The van der Waals surface area contributed by atoms with Crippen LogP contribution in [-0.2, 0) is 0 Å². The maximum atomic E-state index is 12.4. The van der Waals surface area contributed by atoms with Gasteiger partial charge in [-0.1, -0.05) is 13.0 Å². The Morgan fingerprint density at radius 2 is 2.26 bits per heavy atom. The van der Waals surface area contributed by atoms with E-state index >= 15 is 0 Å². The van der Waals surface area contributed by atoms with Gasteiger partial charge in [0.1, 0.15) is 0 Å². The first kappa shape index (κ1) is 14.3. The van der Waals surface area contributed by atoms with Crippen LogP contribution in [0.5, 0.6) is 0 Å². The SMILES string of the molecule is CCS[C@H]1CC[C@@H](N(C)C(=O)c2cccc(N)c2)C1. The largest absolute Gasteiger partial charge is 0.399 e. The summed E-state index contributed by atoms with van der Waals surface area (Å²) < 4.78 is 0. The zero-order valence-corrected chi connectivity index (χ0v) is 12.5. The van der Waals surface area contributed by atoms with Crippen molar-refractivity contribution in [1.82, 2.24) is 4.90 Å². The Morgan fingerprint density at radius 1 is 1.47 bits per heavy atom. The molecule has 1 aliphatic rings. The van der Waals surface area contributed by atoms with Gasteiger partial charge in [0.15, 0.2) is 0 Å². The summed E-state index contributed by atoms with van der Waals surface area (Å²) in [6.45, 7) is 2.19. The number of benzene rings is 1. The monoisotopic (exact) mass is 278 g/mol. The third-order valence-electron chi connectivity index (χ3n) is 3.76. The zero-order valence-electron chi connectivity index (χ0n) is 11.6. The minimum absolute atomic E-state index is 0.0828. The van der Waals surface area contributed by atoms with Crippen molar-refractivity contribution in [2.24, 2.45) is 0 Å². The van der Waals surface area contributed by atoms with Crippen LogP contribution in [-0.4, -0.2) is 34.9 Å². The van der Waals surface area contributed by atoms with Crippen molar-refractivity contribution in [3.63, 3.8) is 0 Å². The van der Waals surface area contributed by atoms with Crippen LogP contribution in [0.2, 0.25) is 0 Å². The van der Waals surface area contributed by atoms with E-state index in [0.29, 0.717) is 22.5 Å². The molecule has 0 unspecified atom stereocenters. The van der Waals surface area contributed by atoms with Crippen molar-refractivity contribution in [3.8, 4) is 0 Å². The van der Waals surface area contributed by atoms with Crippen LogP contribution < -0.4 is 5.73 Å². The van der Waals surface area contributed by atoms with E-state index in [1.807, 2.05) is 35.8 Å². The molecule has 0 saturated heterocycles. The maximum absolute atomic E-state index is 12.4. The lowest BCUT2D eigenvalue weighted by Crippen LogP contribution is -2.35. The van der Waals surface area contributed by atoms with Gasteiger partial charge >= 0.3 is 0 Å². The summed E-state index contributed by atoms with van der Waals surface area (Å²) in [4.78, 5) is 14.3.